The van der Waals surface area contributed by atoms with Crippen LogP contribution in [0.25, 0.3) is 6.08 Å². The van der Waals surface area contributed by atoms with Crippen molar-refractivity contribution in [2.75, 3.05) is 19.5 Å². The lowest BCUT2D eigenvalue weighted by atomic mass is 10.1. The summed E-state index contributed by atoms with van der Waals surface area (Å²) in [6.45, 7) is 1.79. The second kappa shape index (κ2) is 8.92. The molecule has 1 N–H and O–H groups in total. The quantitative estimate of drug-likeness (QED) is 0.464. The van der Waals surface area contributed by atoms with Gasteiger partial charge < -0.3 is 19.2 Å². The highest BCUT2D eigenvalue weighted by atomic mass is 16.5. The van der Waals surface area contributed by atoms with Gasteiger partial charge in [-0.05, 0) is 30.3 Å². The van der Waals surface area contributed by atoms with Crippen molar-refractivity contribution < 1.29 is 23.5 Å². The Morgan fingerprint density at radius 3 is 2.69 bits per heavy atom. The van der Waals surface area contributed by atoms with Gasteiger partial charge in [-0.3, -0.25) is 14.3 Å². The molecule has 0 aliphatic rings. The number of carbonyl (C=O) groups excluding carboxylic acids is 2. The Bertz CT molecular complexity index is 1050. The summed E-state index contributed by atoms with van der Waals surface area (Å²) in [5.41, 5.74) is 0.744. The second-order valence-corrected chi connectivity index (χ2v) is 6.15. The third-order valence-corrected chi connectivity index (χ3v) is 4.07. The fourth-order valence-electron chi connectivity index (χ4n) is 2.62. The molecular weight excluding hydrogens is 374 g/mol. The topological polar surface area (TPSA) is 95.6 Å². The third-order valence-electron chi connectivity index (χ3n) is 4.07. The highest BCUT2D eigenvalue weighted by Gasteiger charge is 2.09. The number of amides is 1. The van der Waals surface area contributed by atoms with Gasteiger partial charge in [0.1, 0.15) is 17.3 Å². The van der Waals surface area contributed by atoms with Gasteiger partial charge in [0.25, 0.3) is 0 Å². The minimum absolute atomic E-state index is 0.134. The number of methoxy groups -OCH3 is 2. The van der Waals surface area contributed by atoms with Crippen LogP contribution in [0.3, 0.4) is 0 Å². The first-order valence-electron chi connectivity index (χ1n) is 8.82. The van der Waals surface area contributed by atoms with E-state index in [1.165, 1.54) is 13.0 Å². The minimum Gasteiger partial charge on any atom is -0.497 e. The monoisotopic (exact) mass is 395 g/mol. The molecule has 29 heavy (non-hydrogen) atoms. The maximum atomic E-state index is 12.2. The normalized spacial score (nSPS) is 10.9. The van der Waals surface area contributed by atoms with Crippen LogP contribution >= 0.6 is 0 Å². The number of benzene rings is 1. The molecule has 0 radical (unpaired) electrons. The summed E-state index contributed by atoms with van der Waals surface area (Å²) in [7, 11) is 3.13. The van der Waals surface area contributed by atoms with E-state index < -0.39 is 0 Å². The van der Waals surface area contributed by atoms with E-state index >= 15 is 0 Å². The summed E-state index contributed by atoms with van der Waals surface area (Å²) in [5.74, 6) is 2.11. The standard InChI is InChI=1S/C21H21N3O5/c1-14(25)18-8-7-17(29-18)13-24-11-10-20(23-24)22-21(26)9-5-15-4-6-16(27-2)12-19(15)28-3/h4-12H,13H2,1-3H3,(H,22,23,26)/b9-5+. The number of ketones is 1. The number of nitrogens with zero attached hydrogens (tertiary/aromatic N) is 2. The first kappa shape index (κ1) is 19.9. The van der Waals surface area contributed by atoms with Crippen molar-refractivity contribution in [1.82, 2.24) is 9.78 Å². The van der Waals surface area contributed by atoms with Crippen molar-refractivity contribution in [3.05, 3.63) is 65.8 Å². The molecule has 0 bridgehead atoms. The molecular formula is C21H21N3O5. The zero-order chi connectivity index (χ0) is 20.8. The molecule has 2 heterocycles. The number of carbonyl (C=O) groups is 2. The number of ether oxygens (including phenoxy) is 2. The number of nitrogens with one attached hydrogen (secondary N) is 1. The highest BCUT2D eigenvalue weighted by Crippen LogP contribution is 2.25. The van der Waals surface area contributed by atoms with E-state index in [1.54, 1.807) is 67.6 Å². The molecule has 150 valence electrons. The maximum Gasteiger partial charge on any atom is 0.249 e. The van der Waals surface area contributed by atoms with Crippen LogP contribution in [0.4, 0.5) is 5.82 Å². The Labute approximate surface area is 167 Å². The van der Waals surface area contributed by atoms with Crippen molar-refractivity contribution in [3.8, 4) is 11.5 Å². The molecule has 1 amide bonds. The van der Waals surface area contributed by atoms with E-state index in [4.69, 9.17) is 13.9 Å². The lowest BCUT2D eigenvalue weighted by Crippen LogP contribution is -2.09. The fraction of sp³-hybridized carbons (Fsp3) is 0.190. The van der Waals surface area contributed by atoms with E-state index in [2.05, 4.69) is 10.4 Å². The van der Waals surface area contributed by atoms with Crippen LogP contribution in [-0.2, 0) is 11.3 Å². The summed E-state index contributed by atoms with van der Waals surface area (Å²) < 4.78 is 17.5. The molecule has 0 aliphatic heterocycles. The first-order chi connectivity index (χ1) is 14.0. The van der Waals surface area contributed by atoms with E-state index in [9.17, 15) is 9.59 Å². The van der Waals surface area contributed by atoms with E-state index in [1.807, 2.05) is 0 Å². The molecule has 1 aromatic carbocycles. The molecule has 0 atom stereocenters. The Kier molecular flexibility index (Phi) is 6.13. The molecule has 8 heteroatoms. The summed E-state index contributed by atoms with van der Waals surface area (Å²) >= 11 is 0. The van der Waals surface area contributed by atoms with E-state index in [0.29, 0.717) is 35.4 Å². The number of aromatic nitrogens is 2. The molecule has 0 aliphatic carbocycles. The molecule has 0 spiro atoms. The zero-order valence-corrected chi connectivity index (χ0v) is 16.3. The summed E-state index contributed by atoms with van der Waals surface area (Å²) in [5, 5.41) is 6.97. The van der Waals surface area contributed by atoms with Crippen molar-refractivity contribution >= 4 is 23.6 Å². The van der Waals surface area contributed by atoms with Gasteiger partial charge in [0.15, 0.2) is 17.4 Å². The molecule has 2 aromatic heterocycles. The lowest BCUT2D eigenvalue weighted by molar-refractivity contribution is -0.111. The average Bonchev–Trinajstić information content (AvgIpc) is 3.36. The number of anilines is 1. The summed E-state index contributed by atoms with van der Waals surface area (Å²) in [4.78, 5) is 23.5. The first-order valence-corrected chi connectivity index (χ1v) is 8.82. The molecule has 0 fully saturated rings. The van der Waals surface area contributed by atoms with Gasteiger partial charge >= 0.3 is 0 Å². The molecule has 0 unspecified atom stereocenters. The molecule has 0 saturated carbocycles. The van der Waals surface area contributed by atoms with Gasteiger partial charge in [-0.1, -0.05) is 0 Å². The average molecular weight is 395 g/mol. The van der Waals surface area contributed by atoms with Crippen LogP contribution in [0.5, 0.6) is 11.5 Å². The number of Topliss-reactive ketones (excluding diaryl/α,β-unsaturated/α-hetero) is 1. The van der Waals surface area contributed by atoms with Crippen LogP contribution < -0.4 is 14.8 Å². The lowest BCUT2D eigenvalue weighted by Gasteiger charge is -2.07. The Hall–Kier alpha value is -3.81. The van der Waals surface area contributed by atoms with Crippen molar-refractivity contribution in [1.29, 1.82) is 0 Å². The van der Waals surface area contributed by atoms with Gasteiger partial charge in [-0.2, -0.15) is 5.10 Å². The number of hydrogen-bond donors (Lipinski definition) is 1. The second-order valence-electron chi connectivity index (χ2n) is 6.15. The van der Waals surface area contributed by atoms with Crippen LogP contribution in [0.15, 0.2) is 53.1 Å². The van der Waals surface area contributed by atoms with Crippen molar-refractivity contribution in [2.45, 2.75) is 13.5 Å². The molecule has 3 rings (SSSR count). The summed E-state index contributed by atoms with van der Waals surface area (Å²) in [6.07, 6.45) is 4.76. The molecule has 3 aromatic rings. The van der Waals surface area contributed by atoms with Crippen molar-refractivity contribution in [2.24, 2.45) is 0 Å². The zero-order valence-electron chi connectivity index (χ0n) is 16.3. The van der Waals surface area contributed by atoms with Gasteiger partial charge in [-0.25, -0.2) is 0 Å². The van der Waals surface area contributed by atoms with Crippen LogP contribution in [0.1, 0.15) is 28.8 Å². The molecule has 0 saturated heterocycles. The van der Waals surface area contributed by atoms with E-state index in [0.717, 1.165) is 5.56 Å². The number of hydrogen-bond acceptors (Lipinski definition) is 6. The smallest absolute Gasteiger partial charge is 0.249 e. The predicted molar refractivity (Wildman–Crippen MR) is 107 cm³/mol. The third kappa shape index (κ3) is 5.13. The Balaban J connectivity index is 1.61. The fourth-order valence-corrected chi connectivity index (χ4v) is 2.62. The largest absolute Gasteiger partial charge is 0.497 e. The SMILES string of the molecule is COc1ccc(/C=C/C(=O)Nc2ccn(Cc3ccc(C(C)=O)o3)n2)c(OC)c1. The number of rotatable bonds is 8. The Morgan fingerprint density at radius 2 is 2.00 bits per heavy atom. The van der Waals surface area contributed by atoms with Crippen LogP contribution in [0.2, 0.25) is 0 Å². The van der Waals surface area contributed by atoms with Gasteiger partial charge in [0, 0.05) is 36.9 Å². The maximum absolute atomic E-state index is 12.2. The van der Waals surface area contributed by atoms with Gasteiger partial charge in [-0.15, -0.1) is 0 Å². The van der Waals surface area contributed by atoms with Crippen molar-refractivity contribution in [3.63, 3.8) is 0 Å². The minimum atomic E-state index is -0.329. The van der Waals surface area contributed by atoms with E-state index in [-0.39, 0.29) is 11.7 Å². The molecule has 8 nitrogen and oxygen atoms in total. The van der Waals surface area contributed by atoms with Crippen LogP contribution in [0, 0.1) is 0 Å². The summed E-state index contributed by atoms with van der Waals surface area (Å²) in [6, 6.07) is 10.4. The van der Waals surface area contributed by atoms with Gasteiger partial charge in [0.05, 0.1) is 20.8 Å². The van der Waals surface area contributed by atoms with Gasteiger partial charge in [0.2, 0.25) is 5.91 Å². The predicted octanol–water partition coefficient (Wildman–Crippen LogP) is 3.40. The Morgan fingerprint density at radius 1 is 1.17 bits per heavy atom. The van der Waals surface area contributed by atoms with Crippen LogP contribution in [-0.4, -0.2) is 35.7 Å². The highest BCUT2D eigenvalue weighted by molar-refractivity contribution is 6.01. The number of furan rings is 1.